The SMILES string of the molecule is CC1CN(CCOc2ccc(N)cc2)CCN1C. The van der Waals surface area contributed by atoms with Crippen molar-refractivity contribution in [1.82, 2.24) is 9.80 Å². The molecule has 1 aromatic carbocycles. The summed E-state index contributed by atoms with van der Waals surface area (Å²) in [6.07, 6.45) is 0. The Morgan fingerprint density at radius 2 is 2.00 bits per heavy atom. The first-order valence-electron chi connectivity index (χ1n) is 6.56. The standard InChI is InChI=1S/C14H23N3O/c1-12-11-17(8-7-16(12)2)9-10-18-14-5-3-13(15)4-6-14/h3-6,12H,7-11,15H2,1-2H3. The van der Waals surface area contributed by atoms with Crippen molar-refractivity contribution < 1.29 is 4.74 Å². The summed E-state index contributed by atoms with van der Waals surface area (Å²) in [5.74, 6) is 0.895. The van der Waals surface area contributed by atoms with Gasteiger partial charge in [0.1, 0.15) is 12.4 Å². The molecule has 2 rings (SSSR count). The average molecular weight is 249 g/mol. The van der Waals surface area contributed by atoms with E-state index in [0.29, 0.717) is 6.04 Å². The van der Waals surface area contributed by atoms with Crippen molar-refractivity contribution in [2.45, 2.75) is 13.0 Å². The van der Waals surface area contributed by atoms with Crippen LogP contribution in [0.25, 0.3) is 0 Å². The van der Waals surface area contributed by atoms with Crippen molar-refractivity contribution in [3.8, 4) is 5.75 Å². The maximum absolute atomic E-state index is 5.71. The lowest BCUT2D eigenvalue weighted by Gasteiger charge is -2.37. The third-order valence-corrected chi connectivity index (χ3v) is 3.60. The minimum absolute atomic E-state index is 0.635. The molecule has 4 nitrogen and oxygen atoms in total. The van der Waals surface area contributed by atoms with Gasteiger partial charge in [-0.05, 0) is 38.2 Å². The van der Waals surface area contributed by atoms with Crippen LogP contribution < -0.4 is 10.5 Å². The van der Waals surface area contributed by atoms with Gasteiger partial charge in [-0.3, -0.25) is 4.90 Å². The van der Waals surface area contributed by atoms with E-state index in [1.807, 2.05) is 24.3 Å². The second-order valence-corrected chi connectivity index (χ2v) is 5.05. The van der Waals surface area contributed by atoms with E-state index in [-0.39, 0.29) is 0 Å². The maximum Gasteiger partial charge on any atom is 0.119 e. The Morgan fingerprint density at radius 1 is 1.28 bits per heavy atom. The highest BCUT2D eigenvalue weighted by molar-refractivity contribution is 5.41. The third-order valence-electron chi connectivity index (χ3n) is 3.60. The highest BCUT2D eigenvalue weighted by Gasteiger charge is 2.19. The Balaban J connectivity index is 1.71. The lowest BCUT2D eigenvalue weighted by Crippen LogP contribution is -2.50. The maximum atomic E-state index is 5.71. The first-order chi connectivity index (χ1) is 8.65. The molecule has 100 valence electrons. The molecule has 1 aliphatic heterocycles. The van der Waals surface area contributed by atoms with Crippen LogP contribution in [0, 0.1) is 0 Å². The molecule has 1 saturated heterocycles. The number of likely N-dealkylation sites (N-methyl/N-ethyl adjacent to an activating group) is 1. The van der Waals surface area contributed by atoms with Crippen molar-refractivity contribution in [3.63, 3.8) is 0 Å². The van der Waals surface area contributed by atoms with E-state index in [2.05, 4.69) is 23.8 Å². The summed E-state index contributed by atoms with van der Waals surface area (Å²) in [6, 6.07) is 8.21. The average Bonchev–Trinajstić information content (AvgIpc) is 2.36. The summed E-state index contributed by atoms with van der Waals surface area (Å²) in [6.45, 7) is 7.40. The van der Waals surface area contributed by atoms with Gasteiger partial charge in [-0.2, -0.15) is 0 Å². The van der Waals surface area contributed by atoms with Crippen LogP contribution in [-0.2, 0) is 0 Å². The zero-order valence-corrected chi connectivity index (χ0v) is 11.3. The Kier molecular flexibility index (Phi) is 4.44. The molecular formula is C14H23N3O. The van der Waals surface area contributed by atoms with E-state index in [4.69, 9.17) is 10.5 Å². The number of nitrogens with zero attached hydrogens (tertiary/aromatic N) is 2. The van der Waals surface area contributed by atoms with Gasteiger partial charge in [0.25, 0.3) is 0 Å². The summed E-state index contributed by atoms with van der Waals surface area (Å²) in [5.41, 5.74) is 6.41. The zero-order valence-electron chi connectivity index (χ0n) is 11.3. The summed E-state index contributed by atoms with van der Waals surface area (Å²) in [4.78, 5) is 4.86. The second-order valence-electron chi connectivity index (χ2n) is 5.05. The molecular weight excluding hydrogens is 226 g/mol. The number of nitrogen functional groups attached to an aromatic ring is 1. The molecule has 1 fully saturated rings. The first-order valence-corrected chi connectivity index (χ1v) is 6.56. The number of rotatable bonds is 4. The number of ether oxygens (including phenoxy) is 1. The third kappa shape index (κ3) is 3.62. The largest absolute Gasteiger partial charge is 0.492 e. The quantitative estimate of drug-likeness (QED) is 0.816. The number of nitrogens with two attached hydrogens (primary N) is 1. The number of piperazine rings is 1. The second kappa shape index (κ2) is 6.07. The van der Waals surface area contributed by atoms with Gasteiger partial charge in [0.05, 0.1) is 0 Å². The highest BCUT2D eigenvalue weighted by atomic mass is 16.5. The minimum atomic E-state index is 0.635. The fourth-order valence-electron chi connectivity index (χ4n) is 2.18. The molecule has 18 heavy (non-hydrogen) atoms. The monoisotopic (exact) mass is 249 g/mol. The molecule has 0 radical (unpaired) electrons. The highest BCUT2D eigenvalue weighted by Crippen LogP contribution is 2.13. The van der Waals surface area contributed by atoms with Crippen LogP contribution in [0.5, 0.6) is 5.75 Å². The fourth-order valence-corrected chi connectivity index (χ4v) is 2.18. The predicted molar refractivity (Wildman–Crippen MR) is 74.9 cm³/mol. The van der Waals surface area contributed by atoms with E-state index >= 15 is 0 Å². The van der Waals surface area contributed by atoms with Crippen LogP contribution in [0.4, 0.5) is 5.69 Å². The van der Waals surface area contributed by atoms with Gasteiger partial charge >= 0.3 is 0 Å². The Morgan fingerprint density at radius 3 is 2.67 bits per heavy atom. The molecule has 0 aliphatic carbocycles. The van der Waals surface area contributed by atoms with E-state index < -0.39 is 0 Å². The summed E-state index contributed by atoms with van der Waals surface area (Å²) in [7, 11) is 2.19. The zero-order chi connectivity index (χ0) is 13.0. The van der Waals surface area contributed by atoms with Gasteiger partial charge in [-0.15, -0.1) is 0 Å². The van der Waals surface area contributed by atoms with Gasteiger partial charge in [0, 0.05) is 37.9 Å². The van der Waals surface area contributed by atoms with E-state index in [1.54, 1.807) is 0 Å². The summed E-state index contributed by atoms with van der Waals surface area (Å²) in [5, 5.41) is 0. The van der Waals surface area contributed by atoms with Crippen molar-refractivity contribution in [3.05, 3.63) is 24.3 Å². The van der Waals surface area contributed by atoms with E-state index in [1.165, 1.54) is 0 Å². The first kappa shape index (κ1) is 13.2. The molecule has 1 aliphatic rings. The Bertz CT molecular complexity index is 366. The molecule has 0 saturated carbocycles. The summed E-state index contributed by atoms with van der Waals surface area (Å²) < 4.78 is 5.71. The molecule has 1 aromatic rings. The van der Waals surface area contributed by atoms with Gasteiger partial charge in [0.15, 0.2) is 0 Å². The topological polar surface area (TPSA) is 41.7 Å². The molecule has 1 heterocycles. The van der Waals surface area contributed by atoms with Crippen LogP contribution in [-0.4, -0.2) is 55.7 Å². The van der Waals surface area contributed by atoms with Crippen LogP contribution in [0.15, 0.2) is 24.3 Å². The molecule has 1 atom stereocenters. The fraction of sp³-hybridized carbons (Fsp3) is 0.571. The molecule has 0 spiro atoms. The number of hydrogen-bond donors (Lipinski definition) is 1. The molecule has 2 N–H and O–H groups in total. The van der Waals surface area contributed by atoms with Crippen molar-refractivity contribution in [2.24, 2.45) is 0 Å². The molecule has 0 bridgehead atoms. The van der Waals surface area contributed by atoms with Gasteiger partial charge in [0.2, 0.25) is 0 Å². The molecule has 0 aromatic heterocycles. The van der Waals surface area contributed by atoms with Gasteiger partial charge < -0.3 is 15.4 Å². The van der Waals surface area contributed by atoms with Crippen molar-refractivity contribution >= 4 is 5.69 Å². The van der Waals surface area contributed by atoms with E-state index in [0.717, 1.165) is 44.2 Å². The summed E-state index contributed by atoms with van der Waals surface area (Å²) >= 11 is 0. The van der Waals surface area contributed by atoms with E-state index in [9.17, 15) is 0 Å². The van der Waals surface area contributed by atoms with Crippen molar-refractivity contribution in [1.29, 1.82) is 0 Å². The van der Waals surface area contributed by atoms with Gasteiger partial charge in [-0.25, -0.2) is 0 Å². The Hall–Kier alpha value is -1.26. The lowest BCUT2D eigenvalue weighted by atomic mass is 10.2. The van der Waals surface area contributed by atoms with Crippen LogP contribution in [0.3, 0.4) is 0 Å². The van der Waals surface area contributed by atoms with Crippen LogP contribution in [0.1, 0.15) is 6.92 Å². The van der Waals surface area contributed by atoms with Crippen LogP contribution >= 0.6 is 0 Å². The number of anilines is 1. The number of benzene rings is 1. The smallest absolute Gasteiger partial charge is 0.119 e. The number of hydrogen-bond acceptors (Lipinski definition) is 4. The molecule has 0 amide bonds. The molecule has 4 heteroatoms. The van der Waals surface area contributed by atoms with Gasteiger partial charge in [-0.1, -0.05) is 0 Å². The normalized spacial score (nSPS) is 22.0. The molecule has 1 unspecified atom stereocenters. The van der Waals surface area contributed by atoms with Crippen molar-refractivity contribution in [2.75, 3.05) is 45.6 Å². The predicted octanol–water partition coefficient (Wildman–Crippen LogP) is 1.28. The lowest BCUT2D eigenvalue weighted by molar-refractivity contribution is 0.0928. The van der Waals surface area contributed by atoms with Crippen LogP contribution in [0.2, 0.25) is 0 Å². The minimum Gasteiger partial charge on any atom is -0.492 e. The Labute approximate surface area is 109 Å².